The van der Waals surface area contributed by atoms with Crippen LogP contribution in [0.4, 0.5) is 4.79 Å². The third-order valence-electron chi connectivity index (χ3n) is 5.74. The largest absolute Gasteiger partial charge is 0.500 e. The highest BCUT2D eigenvalue weighted by atomic mass is 28.4. The SMILES string of the molecule is CCO[Si](CCCC=O)(OCC)OCC.CCO[Si](CCCNC(=O)N1CCCCCC1=O)(OCC)OCC. The van der Waals surface area contributed by atoms with Crippen LogP contribution in [0, 0.1) is 0 Å². The van der Waals surface area contributed by atoms with Crippen LogP contribution in [0.25, 0.3) is 0 Å². The van der Waals surface area contributed by atoms with Gasteiger partial charge in [0.15, 0.2) is 0 Å². The van der Waals surface area contributed by atoms with Gasteiger partial charge in [-0.2, -0.15) is 0 Å². The zero-order valence-corrected chi connectivity index (χ0v) is 27.2. The fraction of sp³-hybridized carbons (Fsp3) is 0.885. The summed E-state index contributed by atoms with van der Waals surface area (Å²) in [5.41, 5.74) is 0. The van der Waals surface area contributed by atoms with Gasteiger partial charge in [0.1, 0.15) is 6.29 Å². The maximum Gasteiger partial charge on any atom is 0.500 e. The molecule has 1 aliphatic rings. The summed E-state index contributed by atoms with van der Waals surface area (Å²) in [7, 11) is -5.15. The number of aldehydes is 1. The van der Waals surface area contributed by atoms with Gasteiger partial charge in [-0.3, -0.25) is 9.69 Å². The van der Waals surface area contributed by atoms with E-state index in [9.17, 15) is 14.4 Å². The van der Waals surface area contributed by atoms with Gasteiger partial charge < -0.3 is 36.7 Å². The number of carbonyl (C=O) groups excluding carboxylic acids is 3. The molecule has 0 saturated carbocycles. The first-order valence-corrected chi connectivity index (χ1v) is 18.5. The van der Waals surface area contributed by atoms with Crippen molar-refractivity contribution in [1.29, 1.82) is 0 Å². The first kappa shape index (κ1) is 37.8. The highest BCUT2D eigenvalue weighted by molar-refractivity contribution is 6.61. The van der Waals surface area contributed by atoms with Crippen LogP contribution < -0.4 is 5.32 Å². The van der Waals surface area contributed by atoms with Crippen LogP contribution in [0.3, 0.4) is 0 Å². The third-order valence-corrected chi connectivity index (χ3v) is 12.0. The summed E-state index contributed by atoms with van der Waals surface area (Å²) in [5.74, 6) is -0.0772. The van der Waals surface area contributed by atoms with Crippen molar-refractivity contribution in [2.75, 3.05) is 52.7 Å². The quantitative estimate of drug-likeness (QED) is 0.123. The van der Waals surface area contributed by atoms with Crippen molar-refractivity contribution in [3.63, 3.8) is 0 Å². The topological polar surface area (TPSA) is 122 Å². The fourth-order valence-electron chi connectivity index (χ4n) is 4.20. The van der Waals surface area contributed by atoms with Crippen LogP contribution in [0.1, 0.15) is 86.5 Å². The molecule has 11 nitrogen and oxygen atoms in total. The molecule has 0 spiro atoms. The van der Waals surface area contributed by atoms with Crippen molar-refractivity contribution in [3.8, 4) is 0 Å². The van der Waals surface area contributed by atoms with Crippen LogP contribution in [-0.2, 0) is 36.1 Å². The number of unbranched alkanes of at least 4 members (excludes halogenated alkanes) is 1. The van der Waals surface area contributed by atoms with Gasteiger partial charge in [0.2, 0.25) is 5.91 Å². The van der Waals surface area contributed by atoms with E-state index in [1.807, 2.05) is 41.5 Å². The maximum atomic E-state index is 12.2. The summed E-state index contributed by atoms with van der Waals surface area (Å²) in [6, 6.07) is 1.08. The van der Waals surface area contributed by atoms with Crippen LogP contribution in [0.5, 0.6) is 0 Å². The van der Waals surface area contributed by atoms with Crippen molar-refractivity contribution in [2.45, 2.75) is 98.6 Å². The highest BCUT2D eigenvalue weighted by Gasteiger charge is 2.40. The summed E-state index contributed by atoms with van der Waals surface area (Å²) in [6.45, 7) is 15.9. The van der Waals surface area contributed by atoms with Crippen molar-refractivity contribution >= 4 is 35.8 Å². The first-order chi connectivity index (χ1) is 18.8. The Morgan fingerprint density at radius 3 is 1.67 bits per heavy atom. The summed E-state index contributed by atoms with van der Waals surface area (Å²) in [4.78, 5) is 35.7. The van der Waals surface area contributed by atoms with Crippen molar-refractivity contribution in [3.05, 3.63) is 0 Å². The molecule has 0 aromatic rings. The molecule has 13 heteroatoms. The number of rotatable bonds is 20. The molecular weight excluding hydrogens is 540 g/mol. The molecule has 3 amide bonds. The Kier molecular flexibility index (Phi) is 22.8. The lowest BCUT2D eigenvalue weighted by molar-refractivity contribution is -0.127. The van der Waals surface area contributed by atoms with Gasteiger partial charge in [0.25, 0.3) is 0 Å². The standard InChI is InChI=1S/C16H32N2O5Si.C10H22O4Si/c1-4-21-24(22-5-2,23-6-3)14-10-12-17-16(20)18-13-9-7-8-11-15(18)19;1-4-12-15(13-5-2,14-6-3)10-8-7-9-11/h4-14H2,1-3H3,(H,17,20);9H,4-8,10H2,1-3H3. The van der Waals surface area contributed by atoms with Gasteiger partial charge in [-0.1, -0.05) is 6.42 Å². The molecule has 0 atom stereocenters. The minimum atomic E-state index is -2.66. The molecule has 1 aliphatic heterocycles. The van der Waals surface area contributed by atoms with E-state index in [0.717, 1.165) is 38.0 Å². The Balaban J connectivity index is 0.000000830. The number of nitrogens with zero attached hydrogens (tertiary/aromatic N) is 1. The van der Waals surface area contributed by atoms with Crippen LogP contribution in [0.2, 0.25) is 12.1 Å². The number of hydrogen-bond donors (Lipinski definition) is 1. The number of imide groups is 1. The highest BCUT2D eigenvalue weighted by Crippen LogP contribution is 2.19. The Hall–Kier alpha value is -1.20. The molecule has 0 aromatic heterocycles. The lowest BCUT2D eigenvalue weighted by atomic mass is 10.2. The zero-order chi connectivity index (χ0) is 29.4. The third kappa shape index (κ3) is 16.0. The first-order valence-electron chi connectivity index (χ1n) is 14.7. The molecule has 0 bridgehead atoms. The van der Waals surface area contributed by atoms with E-state index < -0.39 is 17.6 Å². The summed E-state index contributed by atoms with van der Waals surface area (Å²) in [5, 5.41) is 2.83. The van der Waals surface area contributed by atoms with Crippen molar-refractivity contribution in [1.82, 2.24) is 10.2 Å². The molecule has 1 fully saturated rings. The van der Waals surface area contributed by atoms with Gasteiger partial charge >= 0.3 is 23.6 Å². The van der Waals surface area contributed by atoms with Crippen LogP contribution >= 0.6 is 0 Å². The zero-order valence-electron chi connectivity index (χ0n) is 25.2. The number of urea groups is 1. The second-order valence-corrected chi connectivity index (χ2v) is 14.2. The lowest BCUT2D eigenvalue weighted by Gasteiger charge is -2.28. The minimum absolute atomic E-state index is 0.0772. The predicted molar refractivity (Wildman–Crippen MR) is 154 cm³/mol. The van der Waals surface area contributed by atoms with E-state index in [1.54, 1.807) is 0 Å². The minimum Gasteiger partial charge on any atom is -0.374 e. The lowest BCUT2D eigenvalue weighted by Crippen LogP contribution is -2.47. The van der Waals surface area contributed by atoms with E-state index in [4.69, 9.17) is 26.6 Å². The van der Waals surface area contributed by atoms with Gasteiger partial charge in [-0.25, -0.2) is 4.79 Å². The van der Waals surface area contributed by atoms with E-state index in [-0.39, 0.29) is 11.9 Å². The molecule has 0 aliphatic carbocycles. The van der Waals surface area contributed by atoms with Gasteiger partial charge in [-0.05, 0) is 67.2 Å². The Labute approximate surface area is 238 Å². The van der Waals surface area contributed by atoms with Crippen LogP contribution in [-0.4, -0.2) is 93.5 Å². The number of likely N-dealkylation sites (tertiary alicyclic amines) is 1. The van der Waals surface area contributed by atoms with E-state index in [2.05, 4.69) is 5.32 Å². The maximum absolute atomic E-state index is 12.2. The van der Waals surface area contributed by atoms with Crippen LogP contribution in [0.15, 0.2) is 0 Å². The normalized spacial score (nSPS) is 14.4. The monoisotopic (exact) mass is 594 g/mol. The molecule has 0 radical (unpaired) electrons. The number of amides is 3. The average Bonchev–Trinajstić information content (AvgIpc) is 3.12. The molecule has 1 rings (SSSR count). The molecule has 0 aromatic carbocycles. The van der Waals surface area contributed by atoms with E-state index in [1.165, 1.54) is 4.90 Å². The molecule has 1 saturated heterocycles. The van der Waals surface area contributed by atoms with E-state index in [0.29, 0.717) is 78.0 Å². The van der Waals surface area contributed by atoms with Gasteiger partial charge in [0, 0.05) is 77.7 Å². The summed E-state index contributed by atoms with van der Waals surface area (Å²) < 4.78 is 34.3. The second kappa shape index (κ2) is 23.5. The number of nitrogens with one attached hydrogen (secondary N) is 1. The molecular formula is C26H54N2O9Si2. The smallest absolute Gasteiger partial charge is 0.374 e. The number of carbonyl (C=O) groups is 3. The second-order valence-electron chi connectivity index (χ2n) is 8.71. The molecule has 0 unspecified atom stereocenters. The molecule has 39 heavy (non-hydrogen) atoms. The Morgan fingerprint density at radius 2 is 1.23 bits per heavy atom. The van der Waals surface area contributed by atoms with Gasteiger partial charge in [-0.15, -0.1) is 0 Å². The van der Waals surface area contributed by atoms with Crippen molar-refractivity contribution < 1.29 is 40.9 Å². The molecule has 1 N–H and O–H groups in total. The fourth-order valence-corrected chi connectivity index (χ4v) is 9.45. The predicted octanol–water partition coefficient (Wildman–Crippen LogP) is 4.55. The molecule has 230 valence electrons. The number of hydrogen-bond acceptors (Lipinski definition) is 9. The van der Waals surface area contributed by atoms with Crippen molar-refractivity contribution in [2.24, 2.45) is 0 Å². The summed E-state index contributed by atoms with van der Waals surface area (Å²) >= 11 is 0. The van der Waals surface area contributed by atoms with E-state index >= 15 is 0 Å². The Bertz CT molecular complexity index is 625. The Morgan fingerprint density at radius 1 is 0.769 bits per heavy atom. The summed E-state index contributed by atoms with van der Waals surface area (Å²) in [6.07, 6.45) is 6.14. The average molecular weight is 595 g/mol. The molecule has 1 heterocycles. The van der Waals surface area contributed by atoms with Gasteiger partial charge in [0.05, 0.1) is 0 Å².